The zero-order chi connectivity index (χ0) is 13.4. The highest BCUT2D eigenvalue weighted by Crippen LogP contribution is 2.43. The van der Waals surface area contributed by atoms with Crippen LogP contribution >= 0.6 is 0 Å². The van der Waals surface area contributed by atoms with Crippen molar-refractivity contribution in [3.8, 4) is 0 Å². The van der Waals surface area contributed by atoms with Gasteiger partial charge < -0.3 is 10.6 Å². The van der Waals surface area contributed by atoms with Crippen LogP contribution in [0.25, 0.3) is 0 Å². The number of nitrogens with one attached hydrogen (secondary N) is 2. The van der Waals surface area contributed by atoms with E-state index < -0.39 is 0 Å². The standard InChI is InChI=1S/C18H20N2/c1-2-6-13(7-3-1)15-12-18(15)20-17-10-11-19-16-9-5-4-8-14(16)17/h1-9,15,17-20H,10-12H2/t15-,17?,18+/m0/s1. The smallest absolute Gasteiger partial charge is 0.0388 e. The van der Waals surface area contributed by atoms with Crippen LogP contribution in [0.1, 0.15) is 35.9 Å². The largest absolute Gasteiger partial charge is 0.385 e. The number of rotatable bonds is 3. The summed E-state index contributed by atoms with van der Waals surface area (Å²) in [5.41, 5.74) is 4.21. The maximum Gasteiger partial charge on any atom is 0.0388 e. The molecular weight excluding hydrogens is 244 g/mol. The molecule has 0 aromatic heterocycles. The maximum atomic E-state index is 3.86. The van der Waals surface area contributed by atoms with Gasteiger partial charge in [0.2, 0.25) is 0 Å². The second-order valence-corrected chi connectivity index (χ2v) is 5.88. The van der Waals surface area contributed by atoms with Crippen LogP contribution in [0.15, 0.2) is 54.6 Å². The van der Waals surface area contributed by atoms with Gasteiger partial charge in [0.25, 0.3) is 0 Å². The lowest BCUT2D eigenvalue weighted by Gasteiger charge is -2.27. The van der Waals surface area contributed by atoms with Crippen molar-refractivity contribution in [2.75, 3.05) is 11.9 Å². The maximum absolute atomic E-state index is 3.86. The summed E-state index contributed by atoms with van der Waals surface area (Å²) < 4.78 is 0. The lowest BCUT2D eigenvalue weighted by Crippen LogP contribution is -2.30. The Morgan fingerprint density at radius 1 is 0.950 bits per heavy atom. The van der Waals surface area contributed by atoms with Gasteiger partial charge in [-0.2, -0.15) is 0 Å². The minimum Gasteiger partial charge on any atom is -0.385 e. The zero-order valence-corrected chi connectivity index (χ0v) is 11.5. The quantitative estimate of drug-likeness (QED) is 0.883. The average molecular weight is 264 g/mol. The normalized spacial score (nSPS) is 27.5. The van der Waals surface area contributed by atoms with E-state index in [-0.39, 0.29) is 0 Å². The zero-order valence-electron chi connectivity index (χ0n) is 11.5. The van der Waals surface area contributed by atoms with E-state index in [1.807, 2.05) is 0 Å². The van der Waals surface area contributed by atoms with E-state index in [9.17, 15) is 0 Å². The second kappa shape index (κ2) is 4.95. The topological polar surface area (TPSA) is 24.1 Å². The average Bonchev–Trinajstić information content (AvgIpc) is 3.28. The summed E-state index contributed by atoms with van der Waals surface area (Å²) in [7, 11) is 0. The lowest BCUT2D eigenvalue weighted by molar-refractivity contribution is 0.493. The van der Waals surface area contributed by atoms with Crippen molar-refractivity contribution in [2.45, 2.75) is 30.8 Å². The molecule has 1 heterocycles. The minimum atomic E-state index is 0.506. The van der Waals surface area contributed by atoms with E-state index in [0.29, 0.717) is 18.0 Å². The van der Waals surface area contributed by atoms with Crippen LogP contribution in [0.2, 0.25) is 0 Å². The van der Waals surface area contributed by atoms with Crippen molar-refractivity contribution in [1.82, 2.24) is 5.32 Å². The van der Waals surface area contributed by atoms with E-state index in [4.69, 9.17) is 0 Å². The number of hydrogen-bond acceptors (Lipinski definition) is 2. The predicted molar refractivity (Wildman–Crippen MR) is 83.0 cm³/mol. The molecule has 0 amide bonds. The Labute approximate surface area is 120 Å². The van der Waals surface area contributed by atoms with Gasteiger partial charge in [0.15, 0.2) is 0 Å². The molecule has 2 aromatic carbocycles. The Bertz CT molecular complexity index is 593. The van der Waals surface area contributed by atoms with Crippen molar-refractivity contribution < 1.29 is 0 Å². The molecule has 1 aliphatic carbocycles. The first-order valence-electron chi connectivity index (χ1n) is 7.55. The van der Waals surface area contributed by atoms with Crippen molar-refractivity contribution in [3.63, 3.8) is 0 Å². The predicted octanol–water partition coefficient (Wildman–Crippen LogP) is 3.69. The number of para-hydroxylation sites is 1. The van der Waals surface area contributed by atoms with Gasteiger partial charge in [0.05, 0.1) is 0 Å². The highest BCUT2D eigenvalue weighted by Gasteiger charge is 2.40. The first kappa shape index (κ1) is 12.0. The molecular formula is C18H20N2. The third-order valence-electron chi connectivity index (χ3n) is 4.52. The van der Waals surface area contributed by atoms with Crippen LogP contribution in [-0.2, 0) is 0 Å². The Morgan fingerprint density at radius 3 is 2.65 bits per heavy atom. The molecule has 1 aliphatic heterocycles. The molecule has 2 N–H and O–H groups in total. The van der Waals surface area contributed by atoms with Gasteiger partial charge in [-0.05, 0) is 30.0 Å². The van der Waals surface area contributed by atoms with Crippen LogP contribution in [0, 0.1) is 0 Å². The summed E-state index contributed by atoms with van der Waals surface area (Å²) in [5.74, 6) is 0.707. The molecule has 0 saturated heterocycles. The third-order valence-corrected chi connectivity index (χ3v) is 4.52. The molecule has 2 nitrogen and oxygen atoms in total. The SMILES string of the molecule is c1ccc([C@@H]2C[C@H]2NC2CCNc3ccccc32)cc1. The summed E-state index contributed by atoms with van der Waals surface area (Å²) >= 11 is 0. The van der Waals surface area contributed by atoms with E-state index in [0.717, 1.165) is 6.54 Å². The summed E-state index contributed by atoms with van der Waals surface area (Å²) in [6.45, 7) is 1.07. The van der Waals surface area contributed by atoms with Crippen molar-refractivity contribution in [1.29, 1.82) is 0 Å². The minimum absolute atomic E-state index is 0.506. The Morgan fingerprint density at radius 2 is 1.75 bits per heavy atom. The molecule has 4 rings (SSSR count). The fraction of sp³-hybridized carbons (Fsp3) is 0.333. The molecule has 0 radical (unpaired) electrons. The van der Waals surface area contributed by atoms with Gasteiger partial charge in [0, 0.05) is 30.2 Å². The fourth-order valence-corrected chi connectivity index (χ4v) is 3.35. The summed E-state index contributed by atoms with van der Waals surface area (Å²) in [4.78, 5) is 0. The lowest BCUT2D eigenvalue weighted by atomic mass is 9.98. The molecule has 1 unspecified atom stereocenters. The van der Waals surface area contributed by atoms with Crippen LogP contribution in [0.3, 0.4) is 0 Å². The highest BCUT2D eigenvalue weighted by atomic mass is 15.0. The molecule has 102 valence electrons. The van der Waals surface area contributed by atoms with Crippen molar-refractivity contribution >= 4 is 5.69 Å². The van der Waals surface area contributed by atoms with Crippen molar-refractivity contribution in [2.24, 2.45) is 0 Å². The molecule has 1 fully saturated rings. The first-order chi connectivity index (χ1) is 9.92. The Hall–Kier alpha value is -1.80. The second-order valence-electron chi connectivity index (χ2n) is 5.88. The van der Waals surface area contributed by atoms with E-state index in [2.05, 4.69) is 65.2 Å². The number of hydrogen-bond donors (Lipinski definition) is 2. The molecule has 2 heteroatoms. The van der Waals surface area contributed by atoms with E-state index in [1.54, 1.807) is 0 Å². The molecule has 0 bridgehead atoms. The van der Waals surface area contributed by atoms with E-state index in [1.165, 1.54) is 29.7 Å². The van der Waals surface area contributed by atoms with Gasteiger partial charge in [0.1, 0.15) is 0 Å². The molecule has 2 aliphatic rings. The van der Waals surface area contributed by atoms with Gasteiger partial charge in [-0.25, -0.2) is 0 Å². The van der Waals surface area contributed by atoms with Crippen LogP contribution in [0.5, 0.6) is 0 Å². The summed E-state index contributed by atoms with van der Waals surface area (Å²) in [6, 6.07) is 20.7. The summed E-state index contributed by atoms with van der Waals surface area (Å²) in [5, 5.41) is 7.35. The fourth-order valence-electron chi connectivity index (χ4n) is 3.35. The number of anilines is 1. The van der Waals surface area contributed by atoms with Crippen molar-refractivity contribution in [3.05, 3.63) is 65.7 Å². The molecule has 0 spiro atoms. The van der Waals surface area contributed by atoms with Crippen LogP contribution in [-0.4, -0.2) is 12.6 Å². The van der Waals surface area contributed by atoms with Gasteiger partial charge in [-0.15, -0.1) is 0 Å². The molecule has 20 heavy (non-hydrogen) atoms. The van der Waals surface area contributed by atoms with Crippen LogP contribution in [0.4, 0.5) is 5.69 Å². The summed E-state index contributed by atoms with van der Waals surface area (Å²) in [6.07, 6.45) is 2.45. The Balaban J connectivity index is 1.47. The van der Waals surface area contributed by atoms with Gasteiger partial charge >= 0.3 is 0 Å². The highest BCUT2D eigenvalue weighted by molar-refractivity contribution is 5.54. The number of benzene rings is 2. The van der Waals surface area contributed by atoms with Gasteiger partial charge in [-0.1, -0.05) is 48.5 Å². The van der Waals surface area contributed by atoms with E-state index >= 15 is 0 Å². The molecule has 2 aromatic rings. The number of fused-ring (bicyclic) bond motifs is 1. The molecule has 1 saturated carbocycles. The first-order valence-corrected chi connectivity index (χ1v) is 7.55. The molecule has 3 atom stereocenters. The monoisotopic (exact) mass is 264 g/mol. The third kappa shape index (κ3) is 2.20. The van der Waals surface area contributed by atoms with Crippen LogP contribution < -0.4 is 10.6 Å². The Kier molecular flexibility index (Phi) is 2.96. The van der Waals surface area contributed by atoms with Gasteiger partial charge in [-0.3, -0.25) is 0 Å².